The molecule has 1 spiro atoms. The second-order valence-corrected chi connectivity index (χ2v) is 18.3. The van der Waals surface area contributed by atoms with Crippen molar-refractivity contribution in [1.29, 1.82) is 0 Å². The zero-order valence-corrected chi connectivity index (χ0v) is 30.0. The van der Waals surface area contributed by atoms with E-state index in [1.54, 1.807) is 16.7 Å². The Hall–Kier alpha value is -4.36. The van der Waals surface area contributed by atoms with Crippen LogP contribution in [0, 0.1) is 5.92 Å². The minimum absolute atomic E-state index is 0.0927. The summed E-state index contributed by atoms with van der Waals surface area (Å²) < 4.78 is 14.4. The molecule has 3 aromatic carbocycles. The summed E-state index contributed by atoms with van der Waals surface area (Å²) in [6.45, 7) is 7.28. The Balaban J connectivity index is 1.17. The third-order valence-corrected chi connectivity index (χ3v) is 13.3. The fourth-order valence-corrected chi connectivity index (χ4v) is 11.0. The fraction of sp³-hybridized carbons (Fsp3) is 0.421. The van der Waals surface area contributed by atoms with Gasteiger partial charge in [-0.05, 0) is 67.4 Å². The molecule has 12 heteroatoms. The Morgan fingerprint density at radius 3 is 2.50 bits per heavy atom. The number of methoxy groups -OCH3 is 1. The number of hydrogen-bond donors (Lipinski definition) is 2. The maximum absolute atomic E-state index is 14.8. The van der Waals surface area contributed by atoms with Gasteiger partial charge in [-0.2, -0.15) is 0 Å². The van der Waals surface area contributed by atoms with Crippen LogP contribution >= 0.6 is 0 Å². The van der Waals surface area contributed by atoms with Crippen molar-refractivity contribution in [3.8, 4) is 5.75 Å². The van der Waals surface area contributed by atoms with Crippen molar-refractivity contribution in [1.82, 2.24) is 15.0 Å². The first kappa shape index (κ1) is 34.1. The van der Waals surface area contributed by atoms with Crippen LogP contribution in [0.25, 0.3) is 0 Å². The average molecular weight is 696 g/mol. The minimum Gasteiger partial charge on any atom is -0.497 e. The first-order valence-corrected chi connectivity index (χ1v) is 20.4. The van der Waals surface area contributed by atoms with Gasteiger partial charge in [-0.25, -0.2) is 0 Å². The number of aliphatic hydroxyl groups excluding tert-OH is 1. The number of ether oxygens (including phenoxy) is 2. The lowest BCUT2D eigenvalue weighted by Crippen LogP contribution is -2.46. The van der Waals surface area contributed by atoms with Gasteiger partial charge >= 0.3 is 0 Å². The number of nitrogens with zero attached hydrogens (tertiary/aromatic N) is 5. The zero-order chi connectivity index (χ0) is 35.2. The lowest BCUT2D eigenvalue weighted by molar-refractivity contribution is -0.146. The quantitative estimate of drug-likeness (QED) is 0.211. The summed E-state index contributed by atoms with van der Waals surface area (Å²) in [6.07, 6.45) is 3.36. The number of rotatable bonds is 11. The number of benzene rings is 3. The number of fused-ring (bicyclic) bond motifs is 2. The Bertz CT molecular complexity index is 1860. The van der Waals surface area contributed by atoms with Crippen LogP contribution in [-0.2, 0) is 33.0 Å². The molecule has 0 aliphatic carbocycles. The van der Waals surface area contributed by atoms with Crippen LogP contribution in [0.3, 0.4) is 0 Å². The topological polar surface area (TPSA) is 130 Å². The molecule has 262 valence electrons. The SMILES string of the molecule is COc1ccc2c(c1)[C@]1(O[C@@H](CCn3cc(C(CO)c4ccccc4)nn3)[C@H]([Si](C)(C)O)[C@H]1C)C(=O)N2Cc1ccc(N2CCCC2=O)cc1. The van der Waals surface area contributed by atoms with E-state index in [0.717, 1.165) is 41.0 Å². The second-order valence-electron chi connectivity index (χ2n) is 14.3. The molecule has 4 aromatic rings. The first-order chi connectivity index (χ1) is 24.0. The number of carbonyl (C=O) groups is 2. The zero-order valence-electron chi connectivity index (χ0n) is 29.0. The maximum Gasteiger partial charge on any atom is 0.264 e. The van der Waals surface area contributed by atoms with E-state index in [0.29, 0.717) is 37.4 Å². The van der Waals surface area contributed by atoms with Crippen LogP contribution < -0.4 is 14.5 Å². The van der Waals surface area contributed by atoms with Crippen molar-refractivity contribution in [3.05, 3.63) is 101 Å². The highest BCUT2D eigenvalue weighted by atomic mass is 28.4. The molecule has 2 fully saturated rings. The summed E-state index contributed by atoms with van der Waals surface area (Å²) in [4.78, 5) is 42.5. The van der Waals surface area contributed by atoms with Gasteiger partial charge < -0.3 is 29.2 Å². The second kappa shape index (κ2) is 13.4. The monoisotopic (exact) mass is 695 g/mol. The lowest BCUT2D eigenvalue weighted by atomic mass is 9.82. The number of anilines is 2. The molecule has 11 nitrogen and oxygen atoms in total. The summed E-state index contributed by atoms with van der Waals surface area (Å²) in [6, 6.07) is 23.3. The van der Waals surface area contributed by atoms with E-state index < -0.39 is 20.0 Å². The molecule has 0 bridgehead atoms. The van der Waals surface area contributed by atoms with E-state index in [9.17, 15) is 19.5 Å². The molecule has 50 heavy (non-hydrogen) atoms. The molecule has 1 unspecified atom stereocenters. The largest absolute Gasteiger partial charge is 0.497 e. The van der Waals surface area contributed by atoms with E-state index in [1.165, 1.54) is 0 Å². The van der Waals surface area contributed by atoms with Crippen LogP contribution in [0.15, 0.2) is 79.0 Å². The van der Waals surface area contributed by atoms with Crippen molar-refractivity contribution in [2.75, 3.05) is 30.1 Å². The number of carbonyl (C=O) groups excluding carboxylic acids is 2. The smallest absolute Gasteiger partial charge is 0.264 e. The van der Waals surface area contributed by atoms with E-state index in [-0.39, 0.29) is 35.8 Å². The van der Waals surface area contributed by atoms with Crippen LogP contribution in [0.2, 0.25) is 18.6 Å². The van der Waals surface area contributed by atoms with Gasteiger partial charge in [0.1, 0.15) is 5.75 Å². The number of amides is 2. The van der Waals surface area contributed by atoms with Crippen molar-refractivity contribution in [3.63, 3.8) is 0 Å². The van der Waals surface area contributed by atoms with E-state index in [1.807, 2.05) is 104 Å². The van der Waals surface area contributed by atoms with Crippen molar-refractivity contribution >= 4 is 31.5 Å². The number of hydrogen-bond acceptors (Lipinski definition) is 8. The van der Waals surface area contributed by atoms with Crippen LogP contribution in [0.5, 0.6) is 5.75 Å². The van der Waals surface area contributed by atoms with Crippen LogP contribution in [-0.4, -0.2) is 71.4 Å². The molecule has 4 heterocycles. The van der Waals surface area contributed by atoms with Crippen molar-refractivity contribution < 1.29 is 29.0 Å². The van der Waals surface area contributed by atoms with Gasteiger partial charge in [0.25, 0.3) is 5.91 Å². The standard InChI is InChI=1S/C38H45N5O6Si/c1-25-36(50(3,4)47)34(18-20-41-23-32(39-40-41)30(24-44)27-9-6-5-7-10-27)49-38(25)31-21-29(48-2)16-17-33(31)43(37(38)46)22-26-12-14-28(15-13-26)42-19-8-11-35(42)45/h5-7,9-10,12-17,21,23,25,30,34,36,44,47H,8,11,18-20,22,24H2,1-4H3/t25-,30?,34+,36-,38+/m1/s1. The third-order valence-electron chi connectivity index (χ3n) is 10.8. The van der Waals surface area contributed by atoms with Gasteiger partial charge in [-0.3, -0.25) is 14.3 Å². The van der Waals surface area contributed by atoms with Gasteiger partial charge in [0.15, 0.2) is 13.9 Å². The summed E-state index contributed by atoms with van der Waals surface area (Å²) in [7, 11) is -1.27. The lowest BCUT2D eigenvalue weighted by Gasteiger charge is -2.32. The Labute approximate surface area is 293 Å². The first-order valence-electron chi connectivity index (χ1n) is 17.4. The molecule has 1 aromatic heterocycles. The van der Waals surface area contributed by atoms with E-state index in [2.05, 4.69) is 10.3 Å². The highest BCUT2D eigenvalue weighted by molar-refractivity contribution is 6.71. The molecular weight excluding hydrogens is 651 g/mol. The van der Waals surface area contributed by atoms with Gasteiger partial charge in [-0.15, -0.1) is 5.10 Å². The fourth-order valence-electron chi connectivity index (χ4n) is 8.39. The summed E-state index contributed by atoms with van der Waals surface area (Å²) in [5, 5.41) is 18.9. The molecule has 2 N–H and O–H groups in total. The normalized spacial score (nSPS) is 24.0. The van der Waals surface area contributed by atoms with Gasteiger partial charge in [0, 0.05) is 48.4 Å². The molecule has 2 amide bonds. The molecular formula is C38H45N5O6Si. The van der Waals surface area contributed by atoms with Crippen molar-refractivity contribution in [2.45, 2.75) is 75.5 Å². The average Bonchev–Trinajstić information content (AvgIpc) is 3.88. The predicted molar refractivity (Wildman–Crippen MR) is 191 cm³/mol. The van der Waals surface area contributed by atoms with Gasteiger partial charge in [0.05, 0.1) is 43.7 Å². The van der Waals surface area contributed by atoms with Crippen LogP contribution in [0.1, 0.15) is 54.5 Å². The third kappa shape index (κ3) is 5.93. The molecule has 5 atom stereocenters. The molecule has 3 aliphatic heterocycles. The summed E-state index contributed by atoms with van der Waals surface area (Å²) >= 11 is 0. The summed E-state index contributed by atoms with van der Waals surface area (Å²) in [5.41, 5.74) is 3.38. The Morgan fingerprint density at radius 1 is 1.08 bits per heavy atom. The molecule has 7 rings (SSSR count). The Morgan fingerprint density at radius 2 is 1.84 bits per heavy atom. The predicted octanol–water partition coefficient (Wildman–Crippen LogP) is 4.97. The number of aromatic nitrogens is 3. The van der Waals surface area contributed by atoms with Gasteiger partial charge in [-0.1, -0.05) is 54.6 Å². The van der Waals surface area contributed by atoms with E-state index >= 15 is 0 Å². The maximum atomic E-state index is 14.8. The molecule has 3 aliphatic rings. The van der Waals surface area contributed by atoms with Crippen molar-refractivity contribution in [2.24, 2.45) is 5.92 Å². The number of aliphatic hydroxyl groups is 1. The summed E-state index contributed by atoms with van der Waals surface area (Å²) in [5.74, 6) is -0.0145. The van der Waals surface area contributed by atoms with Crippen LogP contribution in [0.4, 0.5) is 11.4 Å². The highest BCUT2D eigenvalue weighted by Gasteiger charge is 2.66. The molecule has 0 saturated carbocycles. The number of aryl methyl sites for hydroxylation is 1. The van der Waals surface area contributed by atoms with Gasteiger partial charge in [0.2, 0.25) is 5.91 Å². The Kier molecular flexibility index (Phi) is 9.14. The highest BCUT2D eigenvalue weighted by Crippen LogP contribution is 2.60. The molecule has 2 saturated heterocycles. The van der Waals surface area contributed by atoms with E-state index in [4.69, 9.17) is 9.47 Å². The molecule has 0 radical (unpaired) electrons. The minimum atomic E-state index is -2.88.